The Morgan fingerprint density at radius 1 is 1.42 bits per heavy atom. The number of alkyl carbamates (subject to hydrolysis) is 1. The van der Waals surface area contributed by atoms with Crippen molar-refractivity contribution in [1.29, 1.82) is 0 Å². The Labute approximate surface area is 115 Å². The monoisotopic (exact) mass is 265 g/mol. The van der Waals surface area contributed by atoms with Crippen molar-refractivity contribution in [3.05, 3.63) is 29.8 Å². The first-order valence-electron chi connectivity index (χ1n) is 6.27. The van der Waals surface area contributed by atoms with Crippen molar-refractivity contribution in [3.63, 3.8) is 0 Å². The average Bonchev–Trinajstić information content (AvgIpc) is 2.82. The van der Waals surface area contributed by atoms with Gasteiger partial charge in [-0.25, -0.2) is 4.79 Å². The minimum Gasteiger partial charge on any atom is -0.497 e. The largest absolute Gasteiger partial charge is 0.497 e. The molecule has 1 aromatic rings. The highest BCUT2D eigenvalue weighted by molar-refractivity contribution is 5.69. The average molecular weight is 265 g/mol. The Kier molecular flexibility index (Phi) is 5.67. The zero-order valence-corrected chi connectivity index (χ0v) is 10.8. The van der Waals surface area contributed by atoms with Crippen molar-refractivity contribution >= 4 is 6.09 Å². The van der Waals surface area contributed by atoms with Crippen LogP contribution in [0.25, 0.3) is 0 Å². The van der Waals surface area contributed by atoms with E-state index < -0.39 is 0 Å². The predicted octanol–water partition coefficient (Wildman–Crippen LogP) is 3.32. The normalized spacial score (nSPS) is 19.1. The Balaban J connectivity index is 0.00000180. The van der Waals surface area contributed by atoms with Crippen LogP contribution in [-0.4, -0.2) is 25.9 Å². The quantitative estimate of drug-likeness (QED) is 0.888. The van der Waals surface area contributed by atoms with Crippen molar-refractivity contribution in [2.24, 2.45) is 0 Å². The van der Waals surface area contributed by atoms with Gasteiger partial charge in [-0.2, -0.15) is 0 Å². The molecule has 1 saturated heterocycles. The van der Waals surface area contributed by atoms with Gasteiger partial charge in [0.25, 0.3) is 0 Å². The van der Waals surface area contributed by atoms with Gasteiger partial charge in [-0.3, -0.25) is 0 Å². The molecule has 4 nitrogen and oxygen atoms in total. The summed E-state index contributed by atoms with van der Waals surface area (Å²) in [6.45, 7) is 2.82. The van der Waals surface area contributed by atoms with E-state index in [2.05, 4.69) is 24.4 Å². The third-order valence-corrected chi connectivity index (χ3v) is 3.35. The van der Waals surface area contributed by atoms with Crippen molar-refractivity contribution in [3.8, 4) is 5.75 Å². The van der Waals surface area contributed by atoms with Crippen LogP contribution in [-0.2, 0) is 4.74 Å². The summed E-state index contributed by atoms with van der Waals surface area (Å²) in [5.74, 6) is 1.33. The maximum Gasteiger partial charge on any atom is 0.407 e. The summed E-state index contributed by atoms with van der Waals surface area (Å²) >= 11 is 0. The highest BCUT2D eigenvalue weighted by Gasteiger charge is 2.22. The zero-order chi connectivity index (χ0) is 13.0. The van der Waals surface area contributed by atoms with Gasteiger partial charge in [0.1, 0.15) is 11.9 Å². The van der Waals surface area contributed by atoms with Crippen molar-refractivity contribution in [2.75, 3.05) is 13.7 Å². The number of nitrogens with one attached hydrogen (secondary N) is 1. The molecule has 0 radical (unpaired) electrons. The lowest BCUT2D eigenvalue weighted by Gasteiger charge is -2.14. The van der Waals surface area contributed by atoms with Crippen LogP contribution in [0.4, 0.5) is 4.79 Å². The van der Waals surface area contributed by atoms with Gasteiger partial charge in [0.15, 0.2) is 0 Å². The minimum absolute atomic E-state index is 0. The van der Waals surface area contributed by atoms with Crippen LogP contribution in [0.15, 0.2) is 24.3 Å². The number of hydrogen-bond donors (Lipinski definition) is 1. The van der Waals surface area contributed by atoms with Gasteiger partial charge >= 0.3 is 6.09 Å². The maximum atomic E-state index is 10.9. The van der Waals surface area contributed by atoms with Crippen LogP contribution in [0.5, 0.6) is 5.75 Å². The fourth-order valence-electron chi connectivity index (χ4n) is 2.13. The van der Waals surface area contributed by atoms with Crippen LogP contribution >= 0.6 is 0 Å². The second-order valence-corrected chi connectivity index (χ2v) is 4.66. The van der Waals surface area contributed by atoms with E-state index in [-0.39, 0.29) is 19.6 Å². The number of carbonyl (C=O) groups is 1. The summed E-state index contributed by atoms with van der Waals surface area (Å²) in [5, 5.41) is 2.67. The van der Waals surface area contributed by atoms with Crippen molar-refractivity contribution in [2.45, 2.75) is 39.2 Å². The molecule has 1 aliphatic rings. The molecule has 19 heavy (non-hydrogen) atoms. The molecule has 0 unspecified atom stereocenters. The molecule has 2 rings (SSSR count). The molecule has 0 spiro atoms. The first kappa shape index (κ1) is 15.3. The summed E-state index contributed by atoms with van der Waals surface area (Å²) in [4.78, 5) is 10.9. The van der Waals surface area contributed by atoms with E-state index in [4.69, 9.17) is 9.47 Å². The maximum absolute atomic E-state index is 10.9. The van der Waals surface area contributed by atoms with E-state index in [1.807, 2.05) is 12.1 Å². The van der Waals surface area contributed by atoms with Crippen LogP contribution in [0.2, 0.25) is 0 Å². The predicted molar refractivity (Wildman–Crippen MR) is 75.6 cm³/mol. The van der Waals surface area contributed by atoms with Gasteiger partial charge in [-0.15, -0.1) is 0 Å². The van der Waals surface area contributed by atoms with E-state index >= 15 is 0 Å². The molecular weight excluding hydrogens is 242 g/mol. The van der Waals surface area contributed by atoms with E-state index in [9.17, 15) is 4.79 Å². The van der Waals surface area contributed by atoms with Crippen LogP contribution in [0.3, 0.4) is 0 Å². The molecule has 1 N–H and O–H groups in total. The molecule has 1 amide bonds. The summed E-state index contributed by atoms with van der Waals surface area (Å²) < 4.78 is 10.3. The number of benzene rings is 1. The molecule has 0 aliphatic carbocycles. The van der Waals surface area contributed by atoms with Gasteiger partial charge in [-0.1, -0.05) is 26.5 Å². The fourth-order valence-corrected chi connectivity index (χ4v) is 2.13. The third-order valence-electron chi connectivity index (χ3n) is 3.35. The van der Waals surface area contributed by atoms with Gasteiger partial charge in [0.05, 0.1) is 13.7 Å². The molecule has 1 aromatic carbocycles. The summed E-state index contributed by atoms with van der Waals surface area (Å²) in [5.41, 5.74) is 1.29. The van der Waals surface area contributed by atoms with E-state index in [0.29, 0.717) is 12.5 Å². The van der Waals surface area contributed by atoms with Gasteiger partial charge < -0.3 is 14.8 Å². The highest BCUT2D eigenvalue weighted by atomic mass is 16.6. The third kappa shape index (κ3) is 4.16. The minimum atomic E-state index is -0.294. The van der Waals surface area contributed by atoms with Crippen molar-refractivity contribution < 1.29 is 14.3 Å². The van der Waals surface area contributed by atoms with Crippen LogP contribution in [0, 0.1) is 0 Å². The number of hydrogen-bond acceptors (Lipinski definition) is 3. The molecule has 0 saturated carbocycles. The lowest BCUT2D eigenvalue weighted by atomic mass is 9.95. The summed E-state index contributed by atoms with van der Waals surface area (Å²) in [6.07, 6.45) is 1.63. The number of amides is 1. The number of methoxy groups -OCH3 is 1. The Hall–Kier alpha value is -1.71. The van der Waals surface area contributed by atoms with E-state index in [0.717, 1.165) is 18.6 Å². The van der Waals surface area contributed by atoms with Gasteiger partial charge in [0.2, 0.25) is 0 Å². The number of cyclic esters (lactones) is 1. The second kappa shape index (κ2) is 7.02. The van der Waals surface area contributed by atoms with Gasteiger partial charge in [-0.05, 0) is 36.5 Å². The molecule has 0 aromatic heterocycles. The van der Waals surface area contributed by atoms with Crippen LogP contribution in [0.1, 0.15) is 38.7 Å². The highest BCUT2D eigenvalue weighted by Crippen LogP contribution is 2.24. The van der Waals surface area contributed by atoms with Gasteiger partial charge in [0, 0.05) is 0 Å². The number of ether oxygens (including phenoxy) is 2. The van der Waals surface area contributed by atoms with Crippen LogP contribution < -0.4 is 10.1 Å². The Bertz CT molecular complexity index is 402. The molecule has 1 heterocycles. The van der Waals surface area contributed by atoms with E-state index in [1.54, 1.807) is 7.11 Å². The fraction of sp³-hybridized carbons (Fsp3) is 0.533. The smallest absolute Gasteiger partial charge is 0.407 e. The summed E-state index contributed by atoms with van der Waals surface area (Å²) in [7, 11) is 1.67. The molecule has 4 heteroatoms. The Morgan fingerprint density at radius 2 is 2.11 bits per heavy atom. The summed E-state index contributed by atoms with van der Waals surface area (Å²) in [6, 6.07) is 8.12. The number of rotatable bonds is 5. The first-order chi connectivity index (χ1) is 8.69. The molecule has 1 fully saturated rings. The molecule has 106 valence electrons. The lowest BCUT2D eigenvalue weighted by Crippen LogP contribution is -2.15. The second-order valence-electron chi connectivity index (χ2n) is 4.66. The zero-order valence-electron chi connectivity index (χ0n) is 10.8. The van der Waals surface area contributed by atoms with Crippen molar-refractivity contribution in [1.82, 2.24) is 5.32 Å². The molecular formula is C15H23NO3. The standard InChI is InChI=1S/C14H19NO3.CH4/c1-10(3-6-13-9-15-14(16)18-13)11-4-7-12(17-2)8-5-11;/h4-5,7-8,10,13H,3,6,9H2,1-2H3,(H,15,16);1H4/t10-,13-;/m1./s1. The Morgan fingerprint density at radius 3 is 2.63 bits per heavy atom. The lowest BCUT2D eigenvalue weighted by molar-refractivity contribution is 0.133. The molecule has 2 atom stereocenters. The number of carbonyl (C=O) groups excluding carboxylic acids is 1. The first-order valence-corrected chi connectivity index (χ1v) is 6.27. The SMILES string of the molecule is C.COc1ccc([C@H](C)CC[C@@H]2CNC(=O)O2)cc1. The topological polar surface area (TPSA) is 47.6 Å². The molecule has 1 aliphatic heterocycles. The van der Waals surface area contributed by atoms with E-state index in [1.165, 1.54) is 5.56 Å². The molecule has 0 bridgehead atoms.